The van der Waals surface area contributed by atoms with Crippen LogP contribution in [-0.2, 0) is 24.9 Å². The summed E-state index contributed by atoms with van der Waals surface area (Å²) in [6, 6.07) is 27.4. The van der Waals surface area contributed by atoms with E-state index in [1.807, 2.05) is 13.8 Å². The molecular weight excluding hydrogens is 867 g/mol. The Bertz CT molecular complexity index is 2360. The number of fused-ring (bicyclic) bond motifs is 6. The fourth-order valence-electron chi connectivity index (χ4n) is 8.11. The fourth-order valence-corrected chi connectivity index (χ4v) is 8.11. The minimum absolute atomic E-state index is 0. The smallest absolute Gasteiger partial charge is 0.165 e. The molecule has 0 atom stereocenters. The normalized spacial score (nSPS) is 12.9. The maximum Gasteiger partial charge on any atom is 0.165 e. The minimum Gasteiger partial charge on any atom is -0.512 e. The average molecular weight is 931 g/mol. The molecule has 2 heterocycles. The molecule has 0 fully saturated rings. The molecule has 56 heavy (non-hydrogen) atoms. The van der Waals surface area contributed by atoms with Crippen molar-refractivity contribution in [2.45, 2.75) is 116 Å². The first-order chi connectivity index (χ1) is 25.7. The molecule has 0 aliphatic heterocycles. The molecule has 0 unspecified atom stereocenters. The van der Waals surface area contributed by atoms with Gasteiger partial charge in [-0.2, -0.15) is 0 Å². The molecule has 301 valence electrons. The minimum atomic E-state index is -0.442. The summed E-state index contributed by atoms with van der Waals surface area (Å²) in [4.78, 5) is 18.0. The molecule has 0 amide bonds. The molecule has 1 radical (unpaired) electrons. The first-order valence-electron chi connectivity index (χ1n) is 20.4. The number of pyridine rings is 1. The second-order valence-electron chi connectivity index (χ2n) is 18.1. The molecule has 6 aromatic rings. The molecule has 4 aromatic carbocycles. The number of allylic oxidation sites excluding steroid dienone is 2. The van der Waals surface area contributed by atoms with E-state index in [0.717, 1.165) is 49.5 Å². The molecule has 6 rings (SSSR count). The van der Waals surface area contributed by atoms with Crippen molar-refractivity contribution in [2.75, 3.05) is 0 Å². The van der Waals surface area contributed by atoms with Gasteiger partial charge in [-0.1, -0.05) is 156 Å². The van der Waals surface area contributed by atoms with Gasteiger partial charge in [-0.3, -0.25) is 9.78 Å². The second kappa shape index (κ2) is 17.4. The van der Waals surface area contributed by atoms with Crippen LogP contribution < -0.4 is 0 Å². The van der Waals surface area contributed by atoms with Gasteiger partial charge in [0.1, 0.15) is 16.9 Å². The zero-order valence-electron chi connectivity index (χ0n) is 36.4. The van der Waals surface area contributed by atoms with Crippen LogP contribution in [0.4, 0.5) is 0 Å². The SMILES string of the molecule is CC(C)C(C)(C(=O)/C=C(\O)C(C)(C(C)C)C(C)C)C(C)C.Cc1ccc2nc(-c3[c-]c4ccccc4c(C(C)C)c3)c3c4cccc(C(C)C)c4oc3c2c1.[Ir]. The number of hydrogen-bond acceptors (Lipinski definition) is 4. The first-order valence-corrected chi connectivity index (χ1v) is 20.4. The molecule has 4 nitrogen and oxygen atoms in total. The van der Waals surface area contributed by atoms with Gasteiger partial charge < -0.3 is 9.52 Å². The Hall–Kier alpha value is -3.79. The monoisotopic (exact) mass is 931 g/mol. The number of furan rings is 1. The number of aliphatic hydroxyl groups excluding tert-OH is 1. The van der Waals surface area contributed by atoms with Crippen molar-refractivity contribution >= 4 is 49.4 Å². The fraction of sp³-hybridized carbons (Fsp3) is 0.451. The number of ketones is 1. The number of para-hydroxylation sites is 1. The molecule has 0 saturated carbocycles. The number of aliphatic hydroxyl groups is 1. The predicted octanol–water partition coefficient (Wildman–Crippen LogP) is 14.9. The van der Waals surface area contributed by atoms with Crippen molar-refractivity contribution in [1.29, 1.82) is 0 Å². The molecule has 1 N–H and O–H groups in total. The molecule has 0 spiro atoms. The molecule has 5 heteroatoms. The number of aromatic nitrogens is 1. The van der Waals surface area contributed by atoms with Gasteiger partial charge in [0.25, 0.3) is 0 Å². The van der Waals surface area contributed by atoms with Crippen molar-refractivity contribution in [1.82, 2.24) is 4.98 Å². The Balaban J connectivity index is 0.000000277. The number of hydrogen-bond donors (Lipinski definition) is 1. The third-order valence-corrected chi connectivity index (χ3v) is 13.1. The van der Waals surface area contributed by atoms with Gasteiger partial charge in [0.05, 0.1) is 5.52 Å². The van der Waals surface area contributed by atoms with Crippen molar-refractivity contribution in [3.63, 3.8) is 0 Å². The summed E-state index contributed by atoms with van der Waals surface area (Å²) in [6.45, 7) is 31.8. The zero-order chi connectivity index (χ0) is 40.7. The van der Waals surface area contributed by atoms with E-state index >= 15 is 0 Å². The summed E-state index contributed by atoms with van der Waals surface area (Å²) in [5, 5.41) is 16.3. The molecular formula is C51H64IrNO3-. The first kappa shape index (κ1) is 44.9. The van der Waals surface area contributed by atoms with Crippen LogP contribution in [0.25, 0.3) is 54.9 Å². The van der Waals surface area contributed by atoms with Crippen molar-refractivity contribution in [2.24, 2.45) is 34.5 Å². The van der Waals surface area contributed by atoms with Crippen molar-refractivity contribution < 1.29 is 34.4 Å². The van der Waals surface area contributed by atoms with Crippen LogP contribution in [0.15, 0.2) is 83.0 Å². The topological polar surface area (TPSA) is 63.3 Å². The van der Waals surface area contributed by atoms with Gasteiger partial charge in [0, 0.05) is 58.9 Å². The van der Waals surface area contributed by atoms with Crippen molar-refractivity contribution in [3.05, 3.63) is 101 Å². The summed E-state index contributed by atoms with van der Waals surface area (Å²) in [5.41, 5.74) is 7.73. The van der Waals surface area contributed by atoms with Gasteiger partial charge in [-0.25, -0.2) is 0 Å². The Morgan fingerprint density at radius 3 is 1.84 bits per heavy atom. The average Bonchev–Trinajstić information content (AvgIpc) is 3.53. The molecule has 0 saturated heterocycles. The van der Waals surface area contributed by atoms with E-state index in [0.29, 0.717) is 11.8 Å². The molecule has 0 aliphatic rings. The quantitative estimate of drug-likeness (QED) is 0.0844. The molecule has 0 bridgehead atoms. The number of benzene rings is 4. The summed E-state index contributed by atoms with van der Waals surface area (Å²) in [6.07, 6.45) is 1.50. The van der Waals surface area contributed by atoms with E-state index in [1.54, 1.807) is 0 Å². The number of nitrogens with zero attached hydrogens (tertiary/aromatic N) is 1. The summed E-state index contributed by atoms with van der Waals surface area (Å²) in [5.74, 6) is 2.04. The number of rotatable bonds is 10. The van der Waals surface area contributed by atoms with Gasteiger partial charge in [-0.15, -0.1) is 29.1 Å². The van der Waals surface area contributed by atoms with Gasteiger partial charge in [-0.05, 0) is 60.1 Å². The van der Waals surface area contributed by atoms with Crippen LogP contribution in [0.2, 0.25) is 0 Å². The standard InChI is InChI=1S/C32H28NO.C19H36O2.Ir/c1-18(2)23-11-8-12-25-29-30(22-16-21-9-6-7-10-24(21)26(17-22)19(3)4)33-28-14-13-20(5)15-27(28)32(29)34-31(23)25;1-12(2)18(9,13(3)4)16(20)11-17(21)19(10,14(5)6)15(7)8;/h6-15,17-19H,1-5H3;11-15,20H,1-10H3;/q-1;;/b;16-11-;. The Kier molecular flexibility index (Phi) is 13.9. The number of aryl methyl sites for hydroxylation is 1. The van der Waals surface area contributed by atoms with E-state index in [1.165, 1.54) is 28.2 Å². The third-order valence-electron chi connectivity index (χ3n) is 13.1. The van der Waals surface area contributed by atoms with Crippen LogP contribution >= 0.6 is 0 Å². The van der Waals surface area contributed by atoms with Crippen LogP contribution in [0.5, 0.6) is 0 Å². The van der Waals surface area contributed by atoms with E-state index < -0.39 is 5.41 Å². The van der Waals surface area contributed by atoms with E-state index in [2.05, 4.69) is 163 Å². The second-order valence-corrected chi connectivity index (χ2v) is 18.1. The van der Waals surface area contributed by atoms with Crippen LogP contribution in [0.1, 0.15) is 125 Å². The number of carbonyl (C=O) groups excluding carboxylic acids is 1. The van der Waals surface area contributed by atoms with Crippen molar-refractivity contribution in [3.8, 4) is 11.3 Å². The Labute approximate surface area is 349 Å². The summed E-state index contributed by atoms with van der Waals surface area (Å²) in [7, 11) is 0. The van der Waals surface area contributed by atoms with Gasteiger partial charge >= 0.3 is 0 Å². The molecule has 0 aliphatic carbocycles. The van der Waals surface area contributed by atoms with Gasteiger partial charge in [0.15, 0.2) is 5.78 Å². The van der Waals surface area contributed by atoms with Gasteiger partial charge in [0.2, 0.25) is 0 Å². The Morgan fingerprint density at radius 1 is 0.696 bits per heavy atom. The van der Waals surface area contributed by atoms with Crippen LogP contribution in [0.3, 0.4) is 0 Å². The van der Waals surface area contributed by atoms with E-state index in [-0.39, 0.29) is 60.7 Å². The van der Waals surface area contributed by atoms with Crippen LogP contribution in [-0.4, -0.2) is 15.9 Å². The van der Waals surface area contributed by atoms with E-state index in [9.17, 15) is 9.90 Å². The Morgan fingerprint density at radius 2 is 1.27 bits per heavy atom. The maximum absolute atomic E-state index is 12.8. The summed E-state index contributed by atoms with van der Waals surface area (Å²) < 4.78 is 6.69. The van der Waals surface area contributed by atoms with E-state index in [4.69, 9.17) is 9.40 Å². The largest absolute Gasteiger partial charge is 0.512 e. The zero-order valence-corrected chi connectivity index (χ0v) is 38.8. The number of carbonyl (C=O) groups is 1. The predicted molar refractivity (Wildman–Crippen MR) is 235 cm³/mol. The third kappa shape index (κ3) is 8.14. The maximum atomic E-state index is 12.8. The van der Waals surface area contributed by atoms with Crippen LogP contribution in [0, 0.1) is 47.5 Å². The molecule has 2 aromatic heterocycles. The summed E-state index contributed by atoms with van der Waals surface area (Å²) >= 11 is 0.